The van der Waals surface area contributed by atoms with Crippen molar-refractivity contribution in [2.75, 3.05) is 5.32 Å². The fourth-order valence-corrected chi connectivity index (χ4v) is 1.97. The molecular weight excluding hydrogens is 174 g/mol. The molecule has 1 aromatic heterocycles. The highest BCUT2D eigenvalue weighted by Gasteiger charge is 2.11. The van der Waals surface area contributed by atoms with Crippen molar-refractivity contribution in [3.05, 3.63) is 18.6 Å². The predicted octanol–water partition coefficient (Wildman–Crippen LogP) is 2.41. The summed E-state index contributed by atoms with van der Waals surface area (Å²) in [4.78, 5) is 7.84. The molecule has 1 aliphatic rings. The zero-order valence-corrected chi connectivity index (χ0v) is 8.37. The first kappa shape index (κ1) is 9.44. The number of rotatable bonds is 2. The van der Waals surface area contributed by atoms with E-state index in [0.717, 1.165) is 5.82 Å². The summed E-state index contributed by atoms with van der Waals surface area (Å²) in [6, 6.07) is 2.50. The highest BCUT2D eigenvalue weighted by atomic mass is 15.0. The summed E-state index contributed by atoms with van der Waals surface area (Å²) >= 11 is 0. The van der Waals surface area contributed by atoms with Gasteiger partial charge in [-0.1, -0.05) is 25.7 Å². The second-order valence-electron chi connectivity index (χ2n) is 3.87. The molecule has 0 unspecified atom stereocenters. The van der Waals surface area contributed by atoms with E-state index in [1.165, 1.54) is 38.5 Å². The van der Waals surface area contributed by atoms with Gasteiger partial charge in [0.25, 0.3) is 0 Å². The molecule has 1 heterocycles. The van der Waals surface area contributed by atoms with Crippen LogP contribution in [0.5, 0.6) is 0 Å². The molecule has 1 saturated carbocycles. The average molecular weight is 190 g/mol. The van der Waals surface area contributed by atoms with E-state index < -0.39 is 0 Å². The highest BCUT2D eigenvalue weighted by molar-refractivity contribution is 5.32. The first-order valence-electron chi connectivity index (χ1n) is 5.41. The van der Waals surface area contributed by atoms with Crippen LogP contribution in [0.2, 0.25) is 0 Å². The third-order valence-corrected chi connectivity index (χ3v) is 2.74. The van der Waals surface area contributed by atoms with E-state index in [0.29, 0.717) is 6.04 Å². The van der Waals surface area contributed by atoms with Gasteiger partial charge in [-0.2, -0.15) is 0 Å². The molecule has 3 nitrogen and oxygen atoms in total. The van der Waals surface area contributed by atoms with E-state index in [-0.39, 0.29) is 0 Å². The molecular formula is C11H16N3. The monoisotopic (exact) mass is 190 g/mol. The van der Waals surface area contributed by atoms with Gasteiger partial charge in [0.1, 0.15) is 5.82 Å². The molecule has 0 aliphatic heterocycles. The van der Waals surface area contributed by atoms with Crippen LogP contribution in [0.3, 0.4) is 0 Å². The van der Waals surface area contributed by atoms with Crippen LogP contribution in [0.15, 0.2) is 12.3 Å². The van der Waals surface area contributed by atoms with Crippen LogP contribution in [0.25, 0.3) is 0 Å². The van der Waals surface area contributed by atoms with Gasteiger partial charge in [-0.25, -0.2) is 9.97 Å². The lowest BCUT2D eigenvalue weighted by Crippen LogP contribution is -2.18. The Morgan fingerprint density at radius 2 is 2.00 bits per heavy atom. The minimum atomic E-state index is 0.598. The zero-order chi connectivity index (χ0) is 9.64. The quantitative estimate of drug-likeness (QED) is 0.728. The maximum atomic E-state index is 4.06. The van der Waals surface area contributed by atoms with Gasteiger partial charge in [0.15, 0.2) is 6.33 Å². The predicted molar refractivity (Wildman–Crippen MR) is 56.0 cm³/mol. The Hall–Kier alpha value is -1.12. The van der Waals surface area contributed by atoms with E-state index in [1.807, 2.05) is 6.07 Å². The molecule has 1 fully saturated rings. The number of anilines is 1. The summed E-state index contributed by atoms with van der Waals surface area (Å²) in [5.74, 6) is 0.909. The fraction of sp³-hybridized carbons (Fsp3) is 0.636. The molecule has 0 atom stereocenters. The molecule has 14 heavy (non-hydrogen) atoms. The maximum absolute atomic E-state index is 4.06. The first-order valence-corrected chi connectivity index (χ1v) is 5.41. The summed E-state index contributed by atoms with van der Waals surface area (Å²) in [6.45, 7) is 0. The zero-order valence-electron chi connectivity index (χ0n) is 8.37. The van der Waals surface area contributed by atoms with Crippen LogP contribution in [-0.2, 0) is 0 Å². The van der Waals surface area contributed by atoms with Gasteiger partial charge in [0.05, 0.1) is 0 Å². The fourth-order valence-electron chi connectivity index (χ4n) is 1.97. The van der Waals surface area contributed by atoms with E-state index in [2.05, 4.69) is 21.6 Å². The van der Waals surface area contributed by atoms with E-state index in [9.17, 15) is 0 Å². The third-order valence-electron chi connectivity index (χ3n) is 2.74. The van der Waals surface area contributed by atoms with Crippen LogP contribution in [-0.4, -0.2) is 16.0 Å². The second kappa shape index (κ2) is 4.94. The van der Waals surface area contributed by atoms with Gasteiger partial charge in [0.2, 0.25) is 0 Å². The van der Waals surface area contributed by atoms with Crippen molar-refractivity contribution in [3.8, 4) is 0 Å². The topological polar surface area (TPSA) is 37.8 Å². The van der Waals surface area contributed by atoms with Gasteiger partial charge in [-0.15, -0.1) is 0 Å². The van der Waals surface area contributed by atoms with Crippen molar-refractivity contribution in [2.45, 2.75) is 44.6 Å². The molecule has 0 spiro atoms. The minimum absolute atomic E-state index is 0.598. The standard InChI is InChI=1S/C11H16N3/c1-2-4-6-10(5-3-1)14-11-7-8-12-9-13-11/h7-8,10H,1-6H2,(H,12,13,14). The normalized spacial score (nSPS) is 18.9. The Morgan fingerprint density at radius 1 is 1.21 bits per heavy atom. The Bertz CT molecular complexity index is 252. The van der Waals surface area contributed by atoms with E-state index in [4.69, 9.17) is 0 Å². The highest BCUT2D eigenvalue weighted by Crippen LogP contribution is 2.19. The lowest BCUT2D eigenvalue weighted by Gasteiger charge is -2.16. The number of nitrogens with zero attached hydrogens (tertiary/aromatic N) is 2. The van der Waals surface area contributed by atoms with Crippen LogP contribution in [0.1, 0.15) is 38.5 Å². The Morgan fingerprint density at radius 3 is 2.64 bits per heavy atom. The molecule has 0 saturated heterocycles. The summed E-state index contributed by atoms with van der Waals surface area (Å²) in [5.41, 5.74) is 0. The van der Waals surface area contributed by atoms with Gasteiger partial charge < -0.3 is 5.32 Å². The number of hydrogen-bond donors (Lipinski definition) is 1. The summed E-state index contributed by atoms with van der Waals surface area (Å²) in [6.07, 6.45) is 12.3. The largest absolute Gasteiger partial charge is 0.367 e. The van der Waals surface area contributed by atoms with Crippen LogP contribution in [0, 0.1) is 6.33 Å². The smallest absolute Gasteiger partial charge is 0.199 e. The molecule has 0 bridgehead atoms. The summed E-state index contributed by atoms with van der Waals surface area (Å²) in [7, 11) is 0. The van der Waals surface area contributed by atoms with E-state index in [1.54, 1.807) is 6.20 Å². The van der Waals surface area contributed by atoms with E-state index >= 15 is 0 Å². The third kappa shape index (κ3) is 2.69. The molecule has 1 N–H and O–H groups in total. The molecule has 3 heteroatoms. The van der Waals surface area contributed by atoms with Crippen molar-refractivity contribution in [1.29, 1.82) is 0 Å². The van der Waals surface area contributed by atoms with Crippen molar-refractivity contribution < 1.29 is 0 Å². The molecule has 75 valence electrons. The second-order valence-corrected chi connectivity index (χ2v) is 3.87. The van der Waals surface area contributed by atoms with Crippen molar-refractivity contribution in [1.82, 2.24) is 9.97 Å². The van der Waals surface area contributed by atoms with Crippen molar-refractivity contribution in [3.63, 3.8) is 0 Å². The Balaban J connectivity index is 1.90. The summed E-state index contributed by atoms with van der Waals surface area (Å²) < 4.78 is 0. The molecule has 1 radical (unpaired) electrons. The molecule has 0 amide bonds. The SMILES string of the molecule is [c]1nccc(NC2CCCCCC2)n1. The first-order chi connectivity index (χ1) is 6.95. The van der Waals surface area contributed by atoms with Crippen LogP contribution < -0.4 is 5.32 Å². The Kier molecular flexibility index (Phi) is 3.33. The van der Waals surface area contributed by atoms with Crippen molar-refractivity contribution >= 4 is 5.82 Å². The summed E-state index contributed by atoms with van der Waals surface area (Å²) in [5, 5.41) is 3.44. The molecule has 1 aromatic rings. The number of hydrogen-bond acceptors (Lipinski definition) is 3. The lowest BCUT2D eigenvalue weighted by molar-refractivity contribution is 0.617. The molecule has 2 rings (SSSR count). The van der Waals surface area contributed by atoms with Gasteiger partial charge >= 0.3 is 0 Å². The maximum Gasteiger partial charge on any atom is 0.199 e. The van der Waals surface area contributed by atoms with Crippen molar-refractivity contribution in [2.24, 2.45) is 0 Å². The van der Waals surface area contributed by atoms with Gasteiger partial charge in [-0.05, 0) is 18.9 Å². The van der Waals surface area contributed by atoms with Crippen LogP contribution in [0.4, 0.5) is 5.82 Å². The van der Waals surface area contributed by atoms with Gasteiger partial charge in [-0.3, -0.25) is 0 Å². The van der Waals surface area contributed by atoms with Gasteiger partial charge in [0, 0.05) is 12.2 Å². The average Bonchev–Trinajstić information content (AvgIpc) is 2.48. The molecule has 1 aliphatic carbocycles. The number of nitrogens with one attached hydrogen (secondary N) is 1. The van der Waals surface area contributed by atoms with Crippen LogP contribution >= 0.6 is 0 Å². The number of aromatic nitrogens is 2. The Labute approximate surface area is 85.0 Å². The minimum Gasteiger partial charge on any atom is -0.367 e. The lowest BCUT2D eigenvalue weighted by atomic mass is 10.1. The molecule has 0 aromatic carbocycles.